The smallest absolute Gasteiger partial charge is 0.276 e. The summed E-state index contributed by atoms with van der Waals surface area (Å²) in [4.78, 5) is 13.0. The molecule has 4 rings (SSSR count). The number of ether oxygens (including phenoxy) is 1. The first-order valence-electron chi connectivity index (χ1n) is 9.54. The Hall–Kier alpha value is -3.05. The minimum absolute atomic E-state index is 0.0803. The number of nitrogens with zero attached hydrogens (tertiary/aromatic N) is 3. The molecule has 0 aliphatic carbocycles. The van der Waals surface area contributed by atoms with Crippen LogP contribution in [0.4, 0.5) is 0 Å². The third-order valence-corrected chi connectivity index (χ3v) is 5.27. The van der Waals surface area contributed by atoms with E-state index in [0.717, 1.165) is 11.1 Å². The molecule has 6 heteroatoms. The van der Waals surface area contributed by atoms with Crippen LogP contribution < -0.4 is 10.3 Å². The minimum atomic E-state index is -0.0803. The Morgan fingerprint density at radius 2 is 1.90 bits per heavy atom. The normalized spacial score (nSPS) is 11.2. The van der Waals surface area contributed by atoms with Gasteiger partial charge in [0.05, 0.1) is 23.9 Å². The fourth-order valence-corrected chi connectivity index (χ4v) is 3.67. The molecule has 0 saturated heterocycles. The van der Waals surface area contributed by atoms with Gasteiger partial charge in [-0.3, -0.25) is 4.79 Å². The van der Waals surface area contributed by atoms with E-state index in [-0.39, 0.29) is 5.56 Å². The molecule has 5 nitrogen and oxygen atoms in total. The second-order valence-electron chi connectivity index (χ2n) is 7.10. The summed E-state index contributed by atoms with van der Waals surface area (Å²) >= 11 is 6.30. The molecule has 0 spiro atoms. The van der Waals surface area contributed by atoms with Crippen molar-refractivity contribution in [3.05, 3.63) is 86.9 Å². The van der Waals surface area contributed by atoms with Crippen molar-refractivity contribution in [2.45, 2.75) is 27.3 Å². The van der Waals surface area contributed by atoms with Gasteiger partial charge in [-0.25, -0.2) is 4.52 Å². The number of hydrogen-bond donors (Lipinski definition) is 0. The van der Waals surface area contributed by atoms with Gasteiger partial charge in [0.25, 0.3) is 5.56 Å². The van der Waals surface area contributed by atoms with Crippen LogP contribution in [0.25, 0.3) is 16.8 Å². The predicted molar refractivity (Wildman–Crippen MR) is 116 cm³/mol. The van der Waals surface area contributed by atoms with Gasteiger partial charge in [-0.15, -0.1) is 0 Å². The zero-order valence-corrected chi connectivity index (χ0v) is 17.4. The van der Waals surface area contributed by atoms with E-state index >= 15 is 0 Å². The molecule has 0 radical (unpaired) electrons. The number of aryl methyl sites for hydroxylation is 2. The lowest BCUT2D eigenvalue weighted by Crippen LogP contribution is -2.22. The van der Waals surface area contributed by atoms with E-state index < -0.39 is 0 Å². The molecule has 2 aromatic heterocycles. The van der Waals surface area contributed by atoms with Crippen molar-refractivity contribution in [1.82, 2.24) is 14.2 Å². The molecule has 0 saturated carbocycles. The molecular formula is C23H22ClN3O2. The quantitative estimate of drug-likeness (QED) is 0.473. The Labute approximate surface area is 174 Å². The minimum Gasteiger partial charge on any atom is -0.492 e. The van der Waals surface area contributed by atoms with Gasteiger partial charge in [0.2, 0.25) is 0 Å². The summed E-state index contributed by atoms with van der Waals surface area (Å²) < 4.78 is 8.81. The van der Waals surface area contributed by atoms with Gasteiger partial charge in [0.1, 0.15) is 11.3 Å². The van der Waals surface area contributed by atoms with Crippen LogP contribution in [0.15, 0.2) is 59.7 Å². The van der Waals surface area contributed by atoms with Crippen molar-refractivity contribution in [1.29, 1.82) is 0 Å². The Morgan fingerprint density at radius 1 is 1.07 bits per heavy atom. The second-order valence-corrected chi connectivity index (χ2v) is 7.51. The molecule has 2 aromatic carbocycles. The Kier molecular flexibility index (Phi) is 5.16. The first-order valence-corrected chi connectivity index (χ1v) is 9.91. The van der Waals surface area contributed by atoms with Crippen LogP contribution in [-0.4, -0.2) is 20.8 Å². The predicted octanol–water partition coefficient (Wildman–Crippen LogP) is 4.88. The maximum Gasteiger partial charge on any atom is 0.276 e. The van der Waals surface area contributed by atoms with Gasteiger partial charge in [-0.2, -0.15) is 5.10 Å². The van der Waals surface area contributed by atoms with Gasteiger partial charge in [-0.1, -0.05) is 35.4 Å². The summed E-state index contributed by atoms with van der Waals surface area (Å²) in [6.45, 7) is 7.12. The van der Waals surface area contributed by atoms with E-state index in [1.165, 1.54) is 11.1 Å². The van der Waals surface area contributed by atoms with Gasteiger partial charge in [0, 0.05) is 18.0 Å². The van der Waals surface area contributed by atoms with Crippen molar-refractivity contribution in [2.75, 3.05) is 6.61 Å². The highest BCUT2D eigenvalue weighted by Crippen LogP contribution is 2.30. The van der Waals surface area contributed by atoms with Crippen molar-refractivity contribution in [2.24, 2.45) is 0 Å². The number of halogens is 1. The fourth-order valence-electron chi connectivity index (χ4n) is 3.43. The fraction of sp³-hybridized carbons (Fsp3) is 0.217. The van der Waals surface area contributed by atoms with Crippen LogP contribution >= 0.6 is 11.6 Å². The van der Waals surface area contributed by atoms with Gasteiger partial charge in [0.15, 0.2) is 0 Å². The van der Waals surface area contributed by atoms with E-state index in [1.54, 1.807) is 27.5 Å². The summed E-state index contributed by atoms with van der Waals surface area (Å²) in [6, 6.07) is 13.6. The molecule has 0 aliphatic rings. The standard InChI is InChI=1S/C23H22ClN3O2/c1-4-29-22-8-7-17(12-19(22)24)20-13-21-23(28)26(9-10-27(21)25-20)14-18-6-5-15(2)11-16(18)3/h5-13H,4,14H2,1-3H3. The van der Waals surface area contributed by atoms with Crippen molar-refractivity contribution in [3.8, 4) is 17.0 Å². The van der Waals surface area contributed by atoms with Crippen LogP contribution in [0, 0.1) is 13.8 Å². The average molecular weight is 408 g/mol. The topological polar surface area (TPSA) is 48.5 Å². The average Bonchev–Trinajstić information content (AvgIpc) is 3.13. The molecule has 0 amide bonds. The van der Waals surface area contributed by atoms with Crippen LogP contribution in [0.1, 0.15) is 23.6 Å². The Bertz CT molecular complexity index is 1260. The van der Waals surface area contributed by atoms with Gasteiger partial charge >= 0.3 is 0 Å². The molecule has 4 aromatic rings. The number of aromatic nitrogens is 3. The van der Waals surface area contributed by atoms with E-state index in [0.29, 0.717) is 35.1 Å². The van der Waals surface area contributed by atoms with Crippen LogP contribution in [0.2, 0.25) is 5.02 Å². The van der Waals surface area contributed by atoms with Crippen molar-refractivity contribution < 1.29 is 4.74 Å². The molecular weight excluding hydrogens is 386 g/mol. The van der Waals surface area contributed by atoms with Crippen molar-refractivity contribution in [3.63, 3.8) is 0 Å². The molecule has 0 bridgehead atoms. The zero-order chi connectivity index (χ0) is 20.5. The zero-order valence-electron chi connectivity index (χ0n) is 16.6. The monoisotopic (exact) mass is 407 g/mol. The summed E-state index contributed by atoms with van der Waals surface area (Å²) in [5.41, 5.74) is 5.48. The van der Waals surface area contributed by atoms with Crippen LogP contribution in [-0.2, 0) is 6.54 Å². The first kappa shape index (κ1) is 19.3. The van der Waals surface area contributed by atoms with Gasteiger partial charge < -0.3 is 9.30 Å². The number of hydrogen-bond acceptors (Lipinski definition) is 3. The third kappa shape index (κ3) is 3.78. The van der Waals surface area contributed by atoms with E-state index in [9.17, 15) is 4.79 Å². The maximum absolute atomic E-state index is 13.0. The van der Waals surface area contributed by atoms with Crippen LogP contribution in [0.3, 0.4) is 0 Å². The summed E-state index contributed by atoms with van der Waals surface area (Å²) in [6.07, 6.45) is 3.58. The highest BCUT2D eigenvalue weighted by Gasteiger charge is 2.12. The molecule has 0 unspecified atom stereocenters. The number of rotatable bonds is 5. The number of benzene rings is 2. The Morgan fingerprint density at radius 3 is 2.62 bits per heavy atom. The molecule has 2 heterocycles. The molecule has 0 fully saturated rings. The largest absolute Gasteiger partial charge is 0.492 e. The lowest BCUT2D eigenvalue weighted by Gasteiger charge is -2.09. The van der Waals surface area contributed by atoms with E-state index in [1.807, 2.05) is 25.1 Å². The highest BCUT2D eigenvalue weighted by molar-refractivity contribution is 6.32. The van der Waals surface area contributed by atoms with Crippen molar-refractivity contribution >= 4 is 17.1 Å². The SMILES string of the molecule is CCOc1ccc(-c2cc3c(=O)n(Cc4ccc(C)cc4C)ccn3n2)cc1Cl. The number of fused-ring (bicyclic) bond motifs is 1. The third-order valence-electron chi connectivity index (χ3n) is 4.97. The molecule has 29 heavy (non-hydrogen) atoms. The first-order chi connectivity index (χ1) is 14.0. The molecule has 148 valence electrons. The molecule has 0 aliphatic heterocycles. The Balaban J connectivity index is 1.71. The summed E-state index contributed by atoms with van der Waals surface area (Å²) in [7, 11) is 0. The van der Waals surface area contributed by atoms with Crippen LogP contribution in [0.5, 0.6) is 5.75 Å². The van der Waals surface area contributed by atoms with E-state index in [2.05, 4.69) is 37.1 Å². The maximum atomic E-state index is 13.0. The summed E-state index contributed by atoms with van der Waals surface area (Å²) in [5, 5.41) is 5.06. The lowest BCUT2D eigenvalue weighted by atomic mass is 10.1. The highest BCUT2D eigenvalue weighted by atomic mass is 35.5. The van der Waals surface area contributed by atoms with E-state index in [4.69, 9.17) is 16.3 Å². The second kappa shape index (κ2) is 7.76. The molecule has 0 N–H and O–H groups in total. The van der Waals surface area contributed by atoms with Gasteiger partial charge in [-0.05, 0) is 56.2 Å². The molecule has 0 atom stereocenters. The summed E-state index contributed by atoms with van der Waals surface area (Å²) in [5.74, 6) is 0.637. The lowest BCUT2D eigenvalue weighted by molar-refractivity contribution is 0.340.